The second-order valence-electron chi connectivity index (χ2n) is 3.87. The molecule has 1 aromatic carbocycles. The van der Waals surface area contributed by atoms with Gasteiger partial charge in [0, 0.05) is 18.2 Å². The van der Waals surface area contributed by atoms with Crippen LogP contribution in [0.4, 0.5) is 0 Å². The minimum Gasteiger partial charge on any atom is -0.504 e. The van der Waals surface area contributed by atoms with E-state index in [2.05, 4.69) is 5.32 Å². The highest BCUT2D eigenvalue weighted by atomic mass is 16.5. The predicted octanol–water partition coefficient (Wildman–Crippen LogP) is 1.65. The third-order valence-corrected chi connectivity index (χ3v) is 2.68. The number of nitrogens with one attached hydrogen (secondary N) is 1. The van der Waals surface area contributed by atoms with E-state index in [1.165, 1.54) is 0 Å². The maximum atomic E-state index is 9.95. The Hall–Kier alpha value is -1.26. The molecule has 0 aliphatic rings. The van der Waals surface area contributed by atoms with Crippen molar-refractivity contribution in [3.63, 3.8) is 0 Å². The summed E-state index contributed by atoms with van der Waals surface area (Å²) in [5.41, 5.74) is 0.780. The summed E-state index contributed by atoms with van der Waals surface area (Å²) in [4.78, 5) is 0. The van der Waals surface area contributed by atoms with Crippen molar-refractivity contribution in [1.29, 1.82) is 0 Å². The predicted molar refractivity (Wildman–Crippen MR) is 67.3 cm³/mol. The Morgan fingerprint density at radius 3 is 2.71 bits per heavy atom. The van der Waals surface area contributed by atoms with E-state index in [1.54, 1.807) is 6.07 Å². The van der Waals surface area contributed by atoms with Crippen LogP contribution in [0.25, 0.3) is 0 Å². The van der Waals surface area contributed by atoms with E-state index in [-0.39, 0.29) is 18.4 Å². The van der Waals surface area contributed by atoms with Gasteiger partial charge in [-0.15, -0.1) is 0 Å². The maximum absolute atomic E-state index is 9.95. The highest BCUT2D eigenvalue weighted by molar-refractivity contribution is 5.45. The lowest BCUT2D eigenvalue weighted by Crippen LogP contribution is -2.31. The molecule has 0 bridgehead atoms. The Labute approximate surface area is 102 Å². The molecular formula is C13H21NO3. The molecule has 0 aliphatic carbocycles. The van der Waals surface area contributed by atoms with Crippen molar-refractivity contribution in [1.82, 2.24) is 5.32 Å². The molecule has 0 unspecified atom stereocenters. The van der Waals surface area contributed by atoms with Crippen molar-refractivity contribution in [2.45, 2.75) is 32.9 Å². The number of aliphatic hydroxyl groups excluding tert-OH is 1. The molecule has 1 aromatic rings. The fraction of sp³-hybridized carbons (Fsp3) is 0.538. The number of hydrogen-bond acceptors (Lipinski definition) is 4. The SMILES string of the molecule is CCOc1cccc(CN[C@H](CC)CO)c1O. The Morgan fingerprint density at radius 2 is 2.12 bits per heavy atom. The zero-order chi connectivity index (χ0) is 12.7. The molecule has 96 valence electrons. The van der Waals surface area contributed by atoms with Crippen LogP contribution in [0.1, 0.15) is 25.8 Å². The third-order valence-electron chi connectivity index (χ3n) is 2.68. The van der Waals surface area contributed by atoms with Crippen molar-refractivity contribution in [2.75, 3.05) is 13.2 Å². The summed E-state index contributed by atoms with van der Waals surface area (Å²) in [5, 5.41) is 22.2. The molecule has 0 aromatic heterocycles. The summed E-state index contributed by atoms with van der Waals surface area (Å²) in [6.45, 7) is 5.03. The van der Waals surface area contributed by atoms with E-state index in [1.807, 2.05) is 26.0 Å². The first-order chi connectivity index (χ1) is 8.22. The Balaban J connectivity index is 2.67. The van der Waals surface area contributed by atoms with Gasteiger partial charge in [-0.2, -0.15) is 0 Å². The van der Waals surface area contributed by atoms with Crippen LogP contribution < -0.4 is 10.1 Å². The summed E-state index contributed by atoms with van der Waals surface area (Å²) in [6.07, 6.45) is 0.850. The molecule has 1 atom stereocenters. The zero-order valence-corrected chi connectivity index (χ0v) is 10.4. The average molecular weight is 239 g/mol. The number of para-hydroxylation sites is 1. The van der Waals surface area contributed by atoms with E-state index in [0.29, 0.717) is 18.9 Å². The van der Waals surface area contributed by atoms with Gasteiger partial charge in [0.05, 0.1) is 13.2 Å². The van der Waals surface area contributed by atoms with Gasteiger partial charge in [0.2, 0.25) is 0 Å². The molecule has 3 N–H and O–H groups in total. The van der Waals surface area contributed by atoms with Gasteiger partial charge < -0.3 is 20.3 Å². The molecule has 1 rings (SSSR count). The Kier molecular flexibility index (Phi) is 5.80. The van der Waals surface area contributed by atoms with Crippen LogP contribution in [0.15, 0.2) is 18.2 Å². The quantitative estimate of drug-likeness (QED) is 0.677. The lowest BCUT2D eigenvalue weighted by Gasteiger charge is -2.15. The molecule has 0 radical (unpaired) electrons. The van der Waals surface area contributed by atoms with Crippen LogP contribution >= 0.6 is 0 Å². The molecule has 0 heterocycles. The van der Waals surface area contributed by atoms with Gasteiger partial charge in [0.25, 0.3) is 0 Å². The monoisotopic (exact) mass is 239 g/mol. The highest BCUT2D eigenvalue weighted by Gasteiger charge is 2.09. The lowest BCUT2D eigenvalue weighted by atomic mass is 10.1. The largest absolute Gasteiger partial charge is 0.504 e. The molecule has 0 fully saturated rings. The number of aromatic hydroxyl groups is 1. The fourth-order valence-electron chi connectivity index (χ4n) is 1.57. The van der Waals surface area contributed by atoms with E-state index in [4.69, 9.17) is 9.84 Å². The minimum absolute atomic E-state index is 0.0603. The van der Waals surface area contributed by atoms with E-state index in [9.17, 15) is 5.11 Å². The van der Waals surface area contributed by atoms with Crippen LogP contribution in [-0.4, -0.2) is 29.5 Å². The van der Waals surface area contributed by atoms with Crippen molar-refractivity contribution in [3.05, 3.63) is 23.8 Å². The van der Waals surface area contributed by atoms with Gasteiger partial charge >= 0.3 is 0 Å². The topological polar surface area (TPSA) is 61.7 Å². The number of benzene rings is 1. The standard InChI is InChI=1S/C13H21NO3/c1-3-11(9-15)14-8-10-6-5-7-12(13(10)16)17-4-2/h5-7,11,14-16H,3-4,8-9H2,1-2H3/t11-/m1/s1. The van der Waals surface area contributed by atoms with Crippen LogP contribution in [0.3, 0.4) is 0 Å². The molecule has 0 saturated heterocycles. The molecule has 4 heteroatoms. The summed E-state index contributed by atoms with van der Waals surface area (Å²) in [6, 6.07) is 5.49. The van der Waals surface area contributed by atoms with Crippen LogP contribution in [0, 0.1) is 0 Å². The second-order valence-corrected chi connectivity index (χ2v) is 3.87. The molecule has 0 amide bonds. The van der Waals surface area contributed by atoms with E-state index < -0.39 is 0 Å². The Bertz CT molecular complexity index is 337. The summed E-state index contributed by atoms with van der Waals surface area (Å²) in [5.74, 6) is 0.679. The van der Waals surface area contributed by atoms with E-state index >= 15 is 0 Å². The normalized spacial score (nSPS) is 12.4. The number of phenolic OH excluding ortho intramolecular Hbond substituents is 1. The Morgan fingerprint density at radius 1 is 1.35 bits per heavy atom. The molecular weight excluding hydrogens is 218 g/mol. The summed E-state index contributed by atoms with van der Waals surface area (Å²) in [7, 11) is 0. The van der Waals surface area contributed by atoms with Crippen LogP contribution in [0.2, 0.25) is 0 Å². The molecule has 0 aliphatic heterocycles. The smallest absolute Gasteiger partial charge is 0.162 e. The molecule has 4 nitrogen and oxygen atoms in total. The van der Waals surface area contributed by atoms with Gasteiger partial charge in [-0.3, -0.25) is 0 Å². The number of rotatable bonds is 7. The molecule has 0 spiro atoms. The third kappa shape index (κ3) is 3.91. The maximum Gasteiger partial charge on any atom is 0.162 e. The van der Waals surface area contributed by atoms with Gasteiger partial charge in [0.15, 0.2) is 11.5 Å². The fourth-order valence-corrected chi connectivity index (χ4v) is 1.57. The van der Waals surface area contributed by atoms with Crippen molar-refractivity contribution < 1.29 is 14.9 Å². The van der Waals surface area contributed by atoms with Crippen molar-refractivity contribution in [2.24, 2.45) is 0 Å². The minimum atomic E-state index is 0.0603. The highest BCUT2D eigenvalue weighted by Crippen LogP contribution is 2.29. The van der Waals surface area contributed by atoms with Crippen LogP contribution in [0.5, 0.6) is 11.5 Å². The first kappa shape index (κ1) is 13.8. The van der Waals surface area contributed by atoms with Crippen LogP contribution in [-0.2, 0) is 6.54 Å². The summed E-state index contributed by atoms with van der Waals surface area (Å²) >= 11 is 0. The zero-order valence-electron chi connectivity index (χ0n) is 10.4. The van der Waals surface area contributed by atoms with Gasteiger partial charge in [-0.05, 0) is 19.4 Å². The first-order valence-electron chi connectivity index (χ1n) is 6.00. The second kappa shape index (κ2) is 7.14. The number of aliphatic hydroxyl groups is 1. The lowest BCUT2D eigenvalue weighted by molar-refractivity contribution is 0.237. The molecule has 0 saturated carbocycles. The summed E-state index contributed by atoms with van der Waals surface area (Å²) < 4.78 is 5.31. The molecule has 17 heavy (non-hydrogen) atoms. The number of ether oxygens (including phenoxy) is 1. The average Bonchev–Trinajstić information content (AvgIpc) is 2.35. The number of phenols is 1. The number of hydrogen-bond donors (Lipinski definition) is 3. The van der Waals surface area contributed by atoms with Crippen molar-refractivity contribution >= 4 is 0 Å². The van der Waals surface area contributed by atoms with Crippen molar-refractivity contribution in [3.8, 4) is 11.5 Å². The van der Waals surface area contributed by atoms with Gasteiger partial charge in [0.1, 0.15) is 0 Å². The van der Waals surface area contributed by atoms with E-state index in [0.717, 1.165) is 12.0 Å². The van der Waals surface area contributed by atoms with Gasteiger partial charge in [-0.1, -0.05) is 19.1 Å². The first-order valence-corrected chi connectivity index (χ1v) is 6.00. The van der Waals surface area contributed by atoms with Gasteiger partial charge in [-0.25, -0.2) is 0 Å².